The van der Waals surface area contributed by atoms with E-state index >= 15 is 0 Å². The first-order chi connectivity index (χ1) is 9.72. The zero-order valence-electron chi connectivity index (χ0n) is 11.7. The number of hydrogen-bond acceptors (Lipinski definition) is 3. The van der Waals surface area contributed by atoms with E-state index in [-0.39, 0.29) is 0 Å². The first-order valence-corrected chi connectivity index (χ1v) is 7.29. The van der Waals surface area contributed by atoms with Crippen LogP contribution >= 0.6 is 11.6 Å². The highest BCUT2D eigenvalue weighted by Crippen LogP contribution is 2.21. The van der Waals surface area contributed by atoms with Gasteiger partial charge in [0, 0.05) is 56.3 Å². The number of imidazole rings is 1. The number of nitrogens with zero attached hydrogens (tertiary/aromatic N) is 4. The Morgan fingerprint density at radius 3 is 2.65 bits per heavy atom. The van der Waals surface area contributed by atoms with Crippen molar-refractivity contribution in [2.75, 3.05) is 31.1 Å². The molecule has 1 aromatic carbocycles. The van der Waals surface area contributed by atoms with Crippen molar-refractivity contribution < 1.29 is 0 Å². The van der Waals surface area contributed by atoms with Crippen molar-refractivity contribution in [3.63, 3.8) is 0 Å². The highest BCUT2D eigenvalue weighted by Gasteiger charge is 2.18. The summed E-state index contributed by atoms with van der Waals surface area (Å²) in [7, 11) is 2.05. The minimum absolute atomic E-state index is 0.804. The molecule has 5 heteroatoms. The van der Waals surface area contributed by atoms with Crippen LogP contribution in [-0.2, 0) is 13.6 Å². The Labute approximate surface area is 124 Å². The molecular weight excluding hydrogens is 272 g/mol. The predicted octanol–water partition coefficient (Wildman–Crippen LogP) is 2.40. The van der Waals surface area contributed by atoms with Crippen LogP contribution in [0.1, 0.15) is 5.82 Å². The van der Waals surface area contributed by atoms with E-state index in [9.17, 15) is 0 Å². The van der Waals surface area contributed by atoms with Gasteiger partial charge in [-0.3, -0.25) is 4.90 Å². The molecule has 2 heterocycles. The van der Waals surface area contributed by atoms with Crippen molar-refractivity contribution in [2.45, 2.75) is 6.54 Å². The fraction of sp³-hybridized carbons (Fsp3) is 0.400. The Morgan fingerprint density at radius 2 is 2.00 bits per heavy atom. The molecule has 20 heavy (non-hydrogen) atoms. The SMILES string of the molecule is Cn1ccnc1CN1CCN(c2cccc(Cl)c2)CC1. The van der Waals surface area contributed by atoms with Crippen molar-refractivity contribution in [3.05, 3.63) is 47.5 Å². The van der Waals surface area contributed by atoms with Crippen LogP contribution in [0, 0.1) is 0 Å². The van der Waals surface area contributed by atoms with Crippen molar-refractivity contribution >= 4 is 17.3 Å². The van der Waals surface area contributed by atoms with Crippen molar-refractivity contribution in [1.29, 1.82) is 0 Å². The number of aryl methyl sites for hydroxylation is 1. The second-order valence-corrected chi connectivity index (χ2v) is 5.63. The van der Waals surface area contributed by atoms with Crippen LogP contribution in [0.25, 0.3) is 0 Å². The molecule has 0 radical (unpaired) electrons. The Balaban J connectivity index is 1.58. The third-order valence-electron chi connectivity index (χ3n) is 3.83. The summed E-state index contributed by atoms with van der Waals surface area (Å²) in [4.78, 5) is 9.23. The maximum absolute atomic E-state index is 6.06. The first-order valence-electron chi connectivity index (χ1n) is 6.91. The van der Waals surface area contributed by atoms with E-state index in [1.165, 1.54) is 5.69 Å². The van der Waals surface area contributed by atoms with Crippen LogP contribution in [0.5, 0.6) is 0 Å². The lowest BCUT2D eigenvalue weighted by atomic mass is 10.2. The van der Waals surface area contributed by atoms with Gasteiger partial charge in [0.25, 0.3) is 0 Å². The fourth-order valence-electron chi connectivity index (χ4n) is 2.59. The average molecular weight is 291 g/mol. The molecule has 0 saturated carbocycles. The number of aromatic nitrogens is 2. The lowest BCUT2D eigenvalue weighted by molar-refractivity contribution is 0.242. The van der Waals surface area contributed by atoms with Gasteiger partial charge >= 0.3 is 0 Å². The number of anilines is 1. The third-order valence-corrected chi connectivity index (χ3v) is 4.07. The standard InChI is InChI=1S/C15H19ClN4/c1-18-6-5-17-15(18)12-19-7-9-20(10-8-19)14-4-2-3-13(16)11-14/h2-6,11H,7-10,12H2,1H3. The van der Waals surface area contributed by atoms with Crippen molar-refractivity contribution in [2.24, 2.45) is 7.05 Å². The molecule has 2 aromatic rings. The van der Waals surface area contributed by atoms with Crippen LogP contribution < -0.4 is 4.90 Å². The van der Waals surface area contributed by atoms with E-state index in [4.69, 9.17) is 11.6 Å². The summed E-state index contributed by atoms with van der Waals surface area (Å²) >= 11 is 6.06. The molecule has 1 fully saturated rings. The van der Waals surface area contributed by atoms with Gasteiger partial charge in [-0.15, -0.1) is 0 Å². The van der Waals surface area contributed by atoms with Crippen LogP contribution in [-0.4, -0.2) is 40.6 Å². The molecule has 1 aliphatic rings. The monoisotopic (exact) mass is 290 g/mol. The average Bonchev–Trinajstić information content (AvgIpc) is 2.85. The van der Waals surface area contributed by atoms with E-state index in [0.29, 0.717) is 0 Å². The van der Waals surface area contributed by atoms with Gasteiger partial charge < -0.3 is 9.47 Å². The van der Waals surface area contributed by atoms with Gasteiger partial charge in [0.15, 0.2) is 0 Å². The quantitative estimate of drug-likeness (QED) is 0.867. The molecule has 1 aromatic heterocycles. The summed E-state index contributed by atoms with van der Waals surface area (Å²) in [6, 6.07) is 8.09. The zero-order chi connectivity index (χ0) is 13.9. The lowest BCUT2D eigenvalue weighted by Crippen LogP contribution is -2.46. The molecule has 4 nitrogen and oxygen atoms in total. The topological polar surface area (TPSA) is 24.3 Å². The summed E-state index contributed by atoms with van der Waals surface area (Å²) in [6.45, 7) is 5.10. The van der Waals surface area contributed by atoms with Crippen molar-refractivity contribution in [3.8, 4) is 0 Å². The van der Waals surface area contributed by atoms with Gasteiger partial charge in [0.1, 0.15) is 5.82 Å². The number of hydrogen-bond donors (Lipinski definition) is 0. The van der Waals surface area contributed by atoms with E-state index in [2.05, 4.69) is 25.4 Å². The van der Waals surface area contributed by atoms with Gasteiger partial charge in [0.2, 0.25) is 0 Å². The first kappa shape index (κ1) is 13.5. The molecule has 0 unspecified atom stereocenters. The molecule has 106 valence electrons. The van der Waals surface area contributed by atoms with Gasteiger partial charge in [0.05, 0.1) is 6.54 Å². The number of rotatable bonds is 3. The second kappa shape index (κ2) is 5.85. The van der Waals surface area contributed by atoms with E-state index < -0.39 is 0 Å². The molecule has 1 aliphatic heterocycles. The second-order valence-electron chi connectivity index (χ2n) is 5.20. The Hall–Kier alpha value is -1.52. The molecule has 1 saturated heterocycles. The van der Waals surface area contributed by atoms with Gasteiger partial charge in [-0.1, -0.05) is 17.7 Å². The van der Waals surface area contributed by atoms with Crippen molar-refractivity contribution in [1.82, 2.24) is 14.5 Å². The molecule has 0 aliphatic carbocycles. The molecule has 0 atom stereocenters. The summed E-state index contributed by atoms with van der Waals surface area (Å²) in [5.41, 5.74) is 1.22. The molecule has 0 amide bonds. The molecule has 3 rings (SSSR count). The van der Waals surface area contributed by atoms with E-state index in [0.717, 1.165) is 43.6 Å². The maximum atomic E-state index is 6.06. The minimum Gasteiger partial charge on any atom is -0.369 e. The van der Waals surface area contributed by atoms with Gasteiger partial charge in [-0.2, -0.15) is 0 Å². The largest absolute Gasteiger partial charge is 0.369 e. The highest BCUT2D eigenvalue weighted by atomic mass is 35.5. The molecule has 0 spiro atoms. The van der Waals surface area contributed by atoms with Crippen LogP contribution in [0.2, 0.25) is 5.02 Å². The van der Waals surface area contributed by atoms with E-state index in [1.54, 1.807) is 0 Å². The van der Waals surface area contributed by atoms with E-state index in [1.807, 2.05) is 37.6 Å². The molecule has 0 N–H and O–H groups in total. The fourth-order valence-corrected chi connectivity index (χ4v) is 2.77. The zero-order valence-corrected chi connectivity index (χ0v) is 12.4. The normalized spacial score (nSPS) is 16.6. The summed E-state index contributed by atoms with van der Waals surface area (Å²) in [5, 5.41) is 0.804. The Kier molecular flexibility index (Phi) is 3.94. The summed E-state index contributed by atoms with van der Waals surface area (Å²) < 4.78 is 2.09. The lowest BCUT2D eigenvalue weighted by Gasteiger charge is -2.36. The van der Waals surface area contributed by atoms with Crippen LogP contribution in [0.3, 0.4) is 0 Å². The molecular formula is C15H19ClN4. The highest BCUT2D eigenvalue weighted by molar-refractivity contribution is 6.30. The summed E-state index contributed by atoms with van der Waals surface area (Å²) in [6.07, 6.45) is 3.86. The predicted molar refractivity (Wildman–Crippen MR) is 82.2 cm³/mol. The third kappa shape index (κ3) is 2.97. The Morgan fingerprint density at radius 1 is 1.20 bits per heavy atom. The van der Waals surface area contributed by atoms with Crippen LogP contribution in [0.15, 0.2) is 36.7 Å². The maximum Gasteiger partial charge on any atom is 0.122 e. The van der Waals surface area contributed by atoms with Gasteiger partial charge in [-0.25, -0.2) is 4.98 Å². The number of benzene rings is 1. The smallest absolute Gasteiger partial charge is 0.122 e. The number of halogens is 1. The molecule has 0 bridgehead atoms. The van der Waals surface area contributed by atoms with Gasteiger partial charge in [-0.05, 0) is 18.2 Å². The minimum atomic E-state index is 0.804. The summed E-state index contributed by atoms with van der Waals surface area (Å²) in [5.74, 6) is 1.13. The Bertz CT molecular complexity index is 573. The number of piperazine rings is 1. The van der Waals surface area contributed by atoms with Crippen LogP contribution in [0.4, 0.5) is 5.69 Å².